The lowest BCUT2D eigenvalue weighted by Gasteiger charge is -2.12. The molecule has 1 fully saturated rings. The Kier molecular flexibility index (Phi) is 3.93. The van der Waals surface area contributed by atoms with Crippen LogP contribution in [0.1, 0.15) is 16.8 Å². The standard InChI is InChI=1S/C11H12BrN3O3/c12-10-2-1-8(15(17)18)5-9(10)11(16)14-7-3-4-13-6-7/h1-2,5,7,13H,3-4,6H2,(H,14,16)/t7-/m0/s1. The molecule has 1 saturated heterocycles. The fraction of sp³-hybridized carbons (Fsp3) is 0.364. The number of hydrogen-bond acceptors (Lipinski definition) is 4. The van der Waals surface area contributed by atoms with E-state index in [-0.39, 0.29) is 23.2 Å². The lowest BCUT2D eigenvalue weighted by Crippen LogP contribution is -2.36. The Hall–Kier alpha value is -1.47. The minimum absolute atomic E-state index is 0.0867. The molecule has 2 N–H and O–H groups in total. The van der Waals surface area contributed by atoms with E-state index in [1.807, 2.05) is 0 Å². The van der Waals surface area contributed by atoms with Gasteiger partial charge in [-0.25, -0.2) is 0 Å². The number of non-ortho nitro benzene ring substituents is 1. The Morgan fingerprint density at radius 2 is 2.33 bits per heavy atom. The van der Waals surface area contributed by atoms with Gasteiger partial charge in [-0.05, 0) is 35.0 Å². The normalized spacial score (nSPS) is 18.6. The van der Waals surface area contributed by atoms with Gasteiger partial charge in [-0.3, -0.25) is 14.9 Å². The molecule has 2 rings (SSSR count). The first-order chi connectivity index (χ1) is 8.58. The highest BCUT2D eigenvalue weighted by Crippen LogP contribution is 2.22. The van der Waals surface area contributed by atoms with Gasteiger partial charge in [0.2, 0.25) is 0 Å². The second kappa shape index (κ2) is 5.45. The Balaban J connectivity index is 2.17. The van der Waals surface area contributed by atoms with Gasteiger partial charge in [-0.15, -0.1) is 0 Å². The van der Waals surface area contributed by atoms with E-state index in [2.05, 4.69) is 26.6 Å². The quantitative estimate of drug-likeness (QED) is 0.653. The van der Waals surface area contributed by atoms with Crippen LogP contribution in [0.25, 0.3) is 0 Å². The summed E-state index contributed by atoms with van der Waals surface area (Å²) in [7, 11) is 0. The van der Waals surface area contributed by atoms with E-state index < -0.39 is 4.92 Å². The summed E-state index contributed by atoms with van der Waals surface area (Å²) in [6.45, 7) is 1.61. The summed E-state index contributed by atoms with van der Waals surface area (Å²) in [6.07, 6.45) is 0.873. The molecule has 1 aliphatic rings. The Morgan fingerprint density at radius 1 is 1.56 bits per heavy atom. The second-order valence-electron chi connectivity index (χ2n) is 4.08. The summed E-state index contributed by atoms with van der Waals surface area (Å²) in [6, 6.07) is 4.24. The van der Waals surface area contributed by atoms with Gasteiger partial charge in [-0.1, -0.05) is 0 Å². The van der Waals surface area contributed by atoms with Gasteiger partial charge in [0, 0.05) is 29.2 Å². The molecule has 7 heteroatoms. The number of hydrogen-bond donors (Lipinski definition) is 2. The zero-order chi connectivity index (χ0) is 13.1. The lowest BCUT2D eigenvalue weighted by molar-refractivity contribution is -0.384. The molecule has 1 atom stereocenters. The maximum atomic E-state index is 12.0. The highest BCUT2D eigenvalue weighted by atomic mass is 79.9. The molecule has 0 aliphatic carbocycles. The van der Waals surface area contributed by atoms with Crippen LogP contribution in [0.2, 0.25) is 0 Å². The van der Waals surface area contributed by atoms with Crippen molar-refractivity contribution in [2.24, 2.45) is 0 Å². The number of carbonyl (C=O) groups is 1. The van der Waals surface area contributed by atoms with Crippen molar-refractivity contribution < 1.29 is 9.72 Å². The zero-order valence-corrected chi connectivity index (χ0v) is 11.1. The average Bonchev–Trinajstić information content (AvgIpc) is 2.81. The van der Waals surface area contributed by atoms with E-state index in [1.165, 1.54) is 18.2 Å². The van der Waals surface area contributed by atoms with Crippen molar-refractivity contribution in [2.45, 2.75) is 12.5 Å². The number of benzene rings is 1. The van der Waals surface area contributed by atoms with Crippen LogP contribution in [0.4, 0.5) is 5.69 Å². The van der Waals surface area contributed by atoms with Crippen molar-refractivity contribution in [1.82, 2.24) is 10.6 Å². The third-order valence-corrected chi connectivity index (χ3v) is 3.49. The molecule has 0 spiro atoms. The van der Waals surface area contributed by atoms with Crippen LogP contribution in [0, 0.1) is 10.1 Å². The van der Waals surface area contributed by atoms with Crippen LogP contribution in [-0.4, -0.2) is 30.0 Å². The molecule has 0 unspecified atom stereocenters. The number of carbonyl (C=O) groups excluding carboxylic acids is 1. The molecule has 6 nitrogen and oxygen atoms in total. The Morgan fingerprint density at radius 3 is 2.94 bits per heavy atom. The van der Waals surface area contributed by atoms with Crippen LogP contribution in [0.3, 0.4) is 0 Å². The lowest BCUT2D eigenvalue weighted by atomic mass is 10.1. The minimum atomic E-state index is -0.514. The fourth-order valence-corrected chi connectivity index (χ4v) is 2.27. The molecule has 1 aliphatic heterocycles. The van der Waals surface area contributed by atoms with Gasteiger partial charge < -0.3 is 10.6 Å². The molecule has 1 aromatic carbocycles. The van der Waals surface area contributed by atoms with Crippen LogP contribution in [0.5, 0.6) is 0 Å². The number of halogens is 1. The molecule has 18 heavy (non-hydrogen) atoms. The molecule has 1 aromatic rings. The summed E-state index contributed by atoms with van der Waals surface area (Å²) in [5, 5.41) is 16.7. The highest BCUT2D eigenvalue weighted by molar-refractivity contribution is 9.10. The molecule has 1 amide bonds. The first-order valence-electron chi connectivity index (χ1n) is 5.53. The average molecular weight is 314 g/mol. The van der Waals surface area contributed by atoms with Gasteiger partial charge in [-0.2, -0.15) is 0 Å². The third kappa shape index (κ3) is 2.85. The number of nitrogens with one attached hydrogen (secondary N) is 2. The third-order valence-electron chi connectivity index (χ3n) is 2.80. The molecule has 0 radical (unpaired) electrons. The molecule has 96 valence electrons. The number of nitro groups is 1. The number of amides is 1. The highest BCUT2D eigenvalue weighted by Gasteiger charge is 2.20. The SMILES string of the molecule is O=C(N[C@H]1CCNC1)c1cc([N+](=O)[O-])ccc1Br. The molecular formula is C11H12BrN3O3. The predicted molar refractivity (Wildman–Crippen MR) is 69.5 cm³/mol. The van der Waals surface area contributed by atoms with Gasteiger partial charge in [0.1, 0.15) is 0 Å². The van der Waals surface area contributed by atoms with Gasteiger partial charge >= 0.3 is 0 Å². The Bertz CT molecular complexity index is 486. The largest absolute Gasteiger partial charge is 0.348 e. The molecule has 0 saturated carbocycles. The van der Waals surface area contributed by atoms with Gasteiger partial charge in [0.25, 0.3) is 11.6 Å². The summed E-state index contributed by atoms with van der Waals surface area (Å²) in [4.78, 5) is 22.2. The summed E-state index contributed by atoms with van der Waals surface area (Å²) < 4.78 is 0.552. The molecular weight excluding hydrogens is 302 g/mol. The fourth-order valence-electron chi connectivity index (χ4n) is 1.84. The van der Waals surface area contributed by atoms with Gasteiger partial charge in [0.15, 0.2) is 0 Å². The molecule has 0 bridgehead atoms. The zero-order valence-electron chi connectivity index (χ0n) is 9.48. The number of nitro benzene ring substituents is 1. The van der Waals surface area contributed by atoms with Crippen LogP contribution in [0.15, 0.2) is 22.7 Å². The van der Waals surface area contributed by atoms with E-state index in [1.54, 1.807) is 0 Å². The van der Waals surface area contributed by atoms with Crippen molar-refractivity contribution in [3.8, 4) is 0 Å². The van der Waals surface area contributed by atoms with Crippen LogP contribution >= 0.6 is 15.9 Å². The monoisotopic (exact) mass is 313 g/mol. The van der Waals surface area contributed by atoms with E-state index in [4.69, 9.17) is 0 Å². The van der Waals surface area contributed by atoms with E-state index in [9.17, 15) is 14.9 Å². The minimum Gasteiger partial charge on any atom is -0.348 e. The van der Waals surface area contributed by atoms with Crippen molar-refractivity contribution in [3.63, 3.8) is 0 Å². The summed E-state index contributed by atoms with van der Waals surface area (Å²) >= 11 is 3.23. The molecule has 0 aromatic heterocycles. The van der Waals surface area contributed by atoms with Gasteiger partial charge in [0.05, 0.1) is 10.5 Å². The van der Waals surface area contributed by atoms with Crippen LogP contribution < -0.4 is 10.6 Å². The van der Waals surface area contributed by atoms with E-state index in [0.717, 1.165) is 19.5 Å². The summed E-state index contributed by atoms with van der Waals surface area (Å²) in [5.41, 5.74) is 0.198. The van der Waals surface area contributed by atoms with Crippen molar-refractivity contribution in [2.75, 3.05) is 13.1 Å². The van der Waals surface area contributed by atoms with Crippen LogP contribution in [-0.2, 0) is 0 Å². The topological polar surface area (TPSA) is 84.3 Å². The number of rotatable bonds is 3. The van der Waals surface area contributed by atoms with Crippen molar-refractivity contribution >= 4 is 27.5 Å². The Labute approximate surface area is 112 Å². The summed E-state index contributed by atoms with van der Waals surface area (Å²) in [5.74, 6) is -0.292. The molecule has 1 heterocycles. The number of nitrogens with zero attached hydrogens (tertiary/aromatic N) is 1. The predicted octanol–water partition coefficient (Wildman–Crippen LogP) is 1.45. The maximum absolute atomic E-state index is 12.0. The first-order valence-corrected chi connectivity index (χ1v) is 6.33. The first kappa shape index (κ1) is 13.0. The smallest absolute Gasteiger partial charge is 0.270 e. The van der Waals surface area contributed by atoms with Crippen molar-refractivity contribution in [3.05, 3.63) is 38.3 Å². The second-order valence-corrected chi connectivity index (χ2v) is 4.94. The van der Waals surface area contributed by atoms with E-state index >= 15 is 0 Å². The maximum Gasteiger partial charge on any atom is 0.270 e. The van der Waals surface area contributed by atoms with E-state index in [0.29, 0.717) is 4.47 Å². The van der Waals surface area contributed by atoms with Crippen molar-refractivity contribution in [1.29, 1.82) is 0 Å².